The van der Waals surface area contributed by atoms with Gasteiger partial charge in [0.1, 0.15) is 6.61 Å². The van der Waals surface area contributed by atoms with Crippen LogP contribution in [0, 0.1) is 0 Å². The lowest BCUT2D eigenvalue weighted by atomic mass is 10.2. The molecule has 0 saturated heterocycles. The Labute approximate surface area is 71.7 Å². The van der Waals surface area contributed by atoms with E-state index in [0.717, 1.165) is 5.57 Å². The molecule has 66 valence electrons. The van der Waals surface area contributed by atoms with Gasteiger partial charge in [0.05, 0.1) is 6.61 Å². The summed E-state index contributed by atoms with van der Waals surface area (Å²) in [4.78, 5) is 10.8. The van der Waals surface area contributed by atoms with Gasteiger partial charge < -0.3 is 9.47 Å². The molecule has 0 radical (unpaired) electrons. The fourth-order valence-corrected chi connectivity index (χ4v) is 0.954. The third-order valence-corrected chi connectivity index (χ3v) is 1.56. The van der Waals surface area contributed by atoms with Gasteiger partial charge in [0.25, 0.3) is 0 Å². The lowest BCUT2D eigenvalue weighted by Crippen LogP contribution is -2.11. The van der Waals surface area contributed by atoms with E-state index in [1.807, 2.05) is 6.08 Å². The minimum absolute atomic E-state index is 0.0392. The van der Waals surface area contributed by atoms with Gasteiger partial charge >= 0.3 is 0 Å². The molecule has 1 aliphatic heterocycles. The Morgan fingerprint density at radius 2 is 2.42 bits per heavy atom. The number of rotatable bonds is 3. The SMILES string of the molecule is COCC1=CC=C(C(C)=O)OC1. The molecule has 3 nitrogen and oxygen atoms in total. The van der Waals surface area contributed by atoms with Crippen LogP contribution in [0.4, 0.5) is 0 Å². The number of hydrogen-bond acceptors (Lipinski definition) is 3. The molecule has 0 aromatic rings. The number of ketones is 1. The molecule has 0 aliphatic carbocycles. The first kappa shape index (κ1) is 9.00. The smallest absolute Gasteiger partial charge is 0.194 e. The highest BCUT2D eigenvalue weighted by atomic mass is 16.5. The van der Waals surface area contributed by atoms with Crippen molar-refractivity contribution in [2.24, 2.45) is 0 Å². The zero-order valence-electron chi connectivity index (χ0n) is 7.29. The van der Waals surface area contributed by atoms with Crippen LogP contribution in [0.25, 0.3) is 0 Å². The van der Waals surface area contributed by atoms with Gasteiger partial charge in [0.2, 0.25) is 0 Å². The molecule has 0 unspecified atom stereocenters. The van der Waals surface area contributed by atoms with Gasteiger partial charge in [-0.3, -0.25) is 4.79 Å². The van der Waals surface area contributed by atoms with Crippen molar-refractivity contribution in [1.82, 2.24) is 0 Å². The molecule has 0 atom stereocenters. The highest BCUT2D eigenvalue weighted by Gasteiger charge is 2.09. The lowest BCUT2D eigenvalue weighted by Gasteiger charge is -2.13. The average molecular weight is 168 g/mol. The van der Waals surface area contributed by atoms with Gasteiger partial charge in [-0.15, -0.1) is 0 Å². The molecule has 0 saturated carbocycles. The summed E-state index contributed by atoms with van der Waals surface area (Å²) in [6.45, 7) is 2.50. The predicted molar refractivity (Wildman–Crippen MR) is 44.7 cm³/mol. The fourth-order valence-electron chi connectivity index (χ4n) is 0.954. The van der Waals surface area contributed by atoms with Crippen molar-refractivity contribution in [1.29, 1.82) is 0 Å². The molecule has 0 aromatic carbocycles. The van der Waals surface area contributed by atoms with E-state index in [-0.39, 0.29) is 5.78 Å². The number of carbonyl (C=O) groups excluding carboxylic acids is 1. The maximum atomic E-state index is 10.8. The van der Waals surface area contributed by atoms with Crippen LogP contribution in [-0.4, -0.2) is 26.1 Å². The standard InChI is InChI=1S/C9H12O3/c1-7(10)9-4-3-8(5-11-2)6-12-9/h3-4H,5-6H2,1-2H3. The second-order valence-corrected chi connectivity index (χ2v) is 2.63. The summed E-state index contributed by atoms with van der Waals surface area (Å²) in [5, 5.41) is 0. The molecule has 0 amide bonds. The van der Waals surface area contributed by atoms with Crippen LogP contribution in [0.1, 0.15) is 6.92 Å². The topological polar surface area (TPSA) is 35.5 Å². The summed E-state index contributed by atoms with van der Waals surface area (Å²) in [7, 11) is 1.63. The Bertz CT molecular complexity index is 238. The molecule has 12 heavy (non-hydrogen) atoms. The Kier molecular flexibility index (Phi) is 3.05. The van der Waals surface area contributed by atoms with E-state index in [4.69, 9.17) is 9.47 Å². The van der Waals surface area contributed by atoms with Crippen LogP contribution < -0.4 is 0 Å². The summed E-state index contributed by atoms with van der Waals surface area (Å²) in [6.07, 6.45) is 3.55. The monoisotopic (exact) mass is 168 g/mol. The lowest BCUT2D eigenvalue weighted by molar-refractivity contribution is -0.116. The Hall–Kier alpha value is -1.09. The fraction of sp³-hybridized carbons (Fsp3) is 0.444. The third-order valence-electron chi connectivity index (χ3n) is 1.56. The van der Waals surface area contributed by atoms with E-state index >= 15 is 0 Å². The second kappa shape index (κ2) is 4.07. The van der Waals surface area contributed by atoms with E-state index in [0.29, 0.717) is 19.0 Å². The van der Waals surface area contributed by atoms with Crippen LogP contribution >= 0.6 is 0 Å². The molecule has 0 aromatic heterocycles. The van der Waals surface area contributed by atoms with Gasteiger partial charge in [-0.05, 0) is 11.6 Å². The van der Waals surface area contributed by atoms with E-state index in [1.165, 1.54) is 6.92 Å². The first-order chi connectivity index (χ1) is 5.74. The minimum atomic E-state index is -0.0392. The Balaban J connectivity index is 2.60. The largest absolute Gasteiger partial charge is 0.485 e. The predicted octanol–water partition coefficient (Wildman–Crippen LogP) is 1.06. The highest BCUT2D eigenvalue weighted by molar-refractivity contribution is 5.91. The number of hydrogen-bond donors (Lipinski definition) is 0. The second-order valence-electron chi connectivity index (χ2n) is 2.63. The van der Waals surface area contributed by atoms with Gasteiger partial charge in [0, 0.05) is 14.0 Å². The molecular formula is C9H12O3. The van der Waals surface area contributed by atoms with E-state index in [1.54, 1.807) is 13.2 Å². The van der Waals surface area contributed by atoms with Crippen molar-refractivity contribution in [3.05, 3.63) is 23.5 Å². The molecular weight excluding hydrogens is 156 g/mol. The third kappa shape index (κ3) is 2.20. The van der Waals surface area contributed by atoms with Crippen molar-refractivity contribution >= 4 is 5.78 Å². The number of Topliss-reactive ketones (excluding diaryl/α,β-unsaturated/α-hetero) is 1. The van der Waals surface area contributed by atoms with E-state index in [9.17, 15) is 4.79 Å². The van der Waals surface area contributed by atoms with Crippen LogP contribution in [0.2, 0.25) is 0 Å². The normalized spacial score (nSPS) is 16.2. The summed E-state index contributed by atoms with van der Waals surface area (Å²) in [6, 6.07) is 0. The minimum Gasteiger partial charge on any atom is -0.485 e. The maximum Gasteiger partial charge on any atom is 0.194 e. The Morgan fingerprint density at radius 3 is 2.83 bits per heavy atom. The highest BCUT2D eigenvalue weighted by Crippen LogP contribution is 2.10. The molecule has 0 N–H and O–H groups in total. The van der Waals surface area contributed by atoms with Gasteiger partial charge in [0.15, 0.2) is 11.5 Å². The van der Waals surface area contributed by atoms with Gasteiger partial charge in [-0.1, -0.05) is 6.08 Å². The zero-order chi connectivity index (χ0) is 8.97. The number of carbonyl (C=O) groups is 1. The molecule has 1 rings (SSSR count). The average Bonchev–Trinajstić information content (AvgIpc) is 2.06. The summed E-state index contributed by atoms with van der Waals surface area (Å²) in [5.74, 6) is 0.387. The number of methoxy groups -OCH3 is 1. The number of ether oxygens (including phenoxy) is 2. The van der Waals surface area contributed by atoms with Crippen molar-refractivity contribution in [2.75, 3.05) is 20.3 Å². The zero-order valence-corrected chi connectivity index (χ0v) is 7.29. The van der Waals surface area contributed by atoms with Crippen LogP contribution in [-0.2, 0) is 14.3 Å². The quantitative estimate of drug-likeness (QED) is 0.632. The van der Waals surface area contributed by atoms with E-state index < -0.39 is 0 Å². The molecule has 0 bridgehead atoms. The maximum absolute atomic E-state index is 10.8. The number of allylic oxidation sites excluding steroid dienone is 3. The van der Waals surface area contributed by atoms with Gasteiger partial charge in [-0.2, -0.15) is 0 Å². The van der Waals surface area contributed by atoms with Crippen molar-refractivity contribution in [2.45, 2.75) is 6.92 Å². The molecule has 1 aliphatic rings. The van der Waals surface area contributed by atoms with E-state index in [2.05, 4.69) is 0 Å². The molecule has 3 heteroatoms. The molecule has 0 fully saturated rings. The van der Waals surface area contributed by atoms with Crippen molar-refractivity contribution in [3.63, 3.8) is 0 Å². The van der Waals surface area contributed by atoms with Gasteiger partial charge in [-0.25, -0.2) is 0 Å². The molecule has 1 heterocycles. The van der Waals surface area contributed by atoms with Crippen LogP contribution in [0.3, 0.4) is 0 Å². The van der Waals surface area contributed by atoms with Crippen LogP contribution in [0.15, 0.2) is 23.5 Å². The van der Waals surface area contributed by atoms with Crippen molar-refractivity contribution in [3.8, 4) is 0 Å². The summed E-state index contributed by atoms with van der Waals surface area (Å²) < 4.78 is 10.1. The molecule has 0 spiro atoms. The Morgan fingerprint density at radius 1 is 1.67 bits per heavy atom. The summed E-state index contributed by atoms with van der Waals surface area (Å²) >= 11 is 0. The summed E-state index contributed by atoms with van der Waals surface area (Å²) in [5.41, 5.74) is 1.04. The first-order valence-electron chi connectivity index (χ1n) is 3.76. The van der Waals surface area contributed by atoms with Crippen LogP contribution in [0.5, 0.6) is 0 Å². The first-order valence-corrected chi connectivity index (χ1v) is 3.76. The van der Waals surface area contributed by atoms with Crippen molar-refractivity contribution < 1.29 is 14.3 Å².